The topological polar surface area (TPSA) is 87.2 Å². The van der Waals surface area contributed by atoms with Crippen molar-refractivity contribution in [1.29, 1.82) is 0 Å². The second-order valence-electron chi connectivity index (χ2n) is 6.14. The van der Waals surface area contributed by atoms with E-state index in [1.165, 1.54) is 22.4 Å². The number of hydrogen-bond donors (Lipinski definition) is 2. The van der Waals surface area contributed by atoms with Crippen molar-refractivity contribution < 1.29 is 4.79 Å². The highest BCUT2D eigenvalue weighted by Gasteiger charge is 2.28. The molecule has 7 heteroatoms. The number of hydrogen-bond acceptors (Lipinski definition) is 4. The van der Waals surface area contributed by atoms with E-state index in [-0.39, 0.29) is 18.5 Å². The summed E-state index contributed by atoms with van der Waals surface area (Å²) >= 11 is 0. The first-order valence-corrected chi connectivity index (χ1v) is 8.47. The Morgan fingerprint density at radius 1 is 1.20 bits per heavy atom. The molecular weight excluding hydrogens is 320 g/mol. The summed E-state index contributed by atoms with van der Waals surface area (Å²) in [4.78, 5) is 39.7. The van der Waals surface area contributed by atoms with Gasteiger partial charge >= 0.3 is 5.69 Å². The molecular formula is C18H22N4O3. The van der Waals surface area contributed by atoms with Gasteiger partial charge in [0.1, 0.15) is 6.54 Å². The SMILES string of the molecule is CCc1ccc(C2CNCCN2C(=O)Cn2ccc(=O)[nH]c2=O)cc1. The standard InChI is InChI=1S/C18H22N4O3/c1-2-13-3-5-14(6-4-13)15-11-19-8-10-22(15)17(24)12-21-9-7-16(23)20-18(21)25/h3-7,9,15,19H,2,8,10-12H2,1H3,(H,20,23,25). The van der Waals surface area contributed by atoms with Crippen LogP contribution in [-0.4, -0.2) is 40.0 Å². The smallest absolute Gasteiger partial charge is 0.328 e. The summed E-state index contributed by atoms with van der Waals surface area (Å²) in [6.45, 7) is 4.00. The Balaban J connectivity index is 1.80. The number of carbonyl (C=O) groups excluding carboxylic acids is 1. The number of aromatic nitrogens is 2. The molecule has 0 bridgehead atoms. The van der Waals surface area contributed by atoms with Crippen LogP contribution < -0.4 is 16.6 Å². The fourth-order valence-electron chi connectivity index (χ4n) is 3.08. The van der Waals surface area contributed by atoms with Gasteiger partial charge in [0.05, 0.1) is 6.04 Å². The number of H-pyrrole nitrogens is 1. The van der Waals surface area contributed by atoms with Gasteiger partial charge in [-0.1, -0.05) is 31.2 Å². The van der Waals surface area contributed by atoms with Gasteiger partial charge in [-0.3, -0.25) is 19.1 Å². The maximum Gasteiger partial charge on any atom is 0.328 e. The minimum atomic E-state index is -0.570. The third kappa shape index (κ3) is 3.88. The van der Waals surface area contributed by atoms with E-state index in [0.717, 1.165) is 18.5 Å². The van der Waals surface area contributed by atoms with Crippen molar-refractivity contribution in [2.24, 2.45) is 0 Å². The second-order valence-corrected chi connectivity index (χ2v) is 6.14. The maximum atomic E-state index is 12.8. The summed E-state index contributed by atoms with van der Waals surface area (Å²) in [5.41, 5.74) is 1.29. The van der Waals surface area contributed by atoms with E-state index in [4.69, 9.17) is 0 Å². The Morgan fingerprint density at radius 2 is 1.96 bits per heavy atom. The van der Waals surface area contributed by atoms with Crippen molar-refractivity contribution in [3.05, 3.63) is 68.5 Å². The van der Waals surface area contributed by atoms with E-state index < -0.39 is 11.2 Å². The lowest BCUT2D eigenvalue weighted by Crippen LogP contribution is -2.50. The minimum absolute atomic E-state index is 0.0642. The van der Waals surface area contributed by atoms with Gasteiger partial charge in [0.25, 0.3) is 5.56 Å². The Morgan fingerprint density at radius 3 is 2.64 bits per heavy atom. The lowest BCUT2D eigenvalue weighted by Gasteiger charge is -2.36. The predicted octanol–water partition coefficient (Wildman–Crippen LogP) is 0.272. The summed E-state index contributed by atoms with van der Waals surface area (Å²) in [7, 11) is 0. The molecule has 1 atom stereocenters. The van der Waals surface area contributed by atoms with Crippen LogP contribution in [0.1, 0.15) is 24.1 Å². The maximum absolute atomic E-state index is 12.8. The van der Waals surface area contributed by atoms with Crippen molar-refractivity contribution in [3.8, 4) is 0 Å². The lowest BCUT2D eigenvalue weighted by molar-refractivity contribution is -0.135. The molecule has 2 heterocycles. The van der Waals surface area contributed by atoms with E-state index in [9.17, 15) is 14.4 Å². The van der Waals surface area contributed by atoms with E-state index in [0.29, 0.717) is 13.1 Å². The molecule has 0 saturated carbocycles. The average Bonchev–Trinajstić information content (AvgIpc) is 2.64. The van der Waals surface area contributed by atoms with Gasteiger partial charge in [-0.2, -0.15) is 0 Å². The van der Waals surface area contributed by atoms with Crippen LogP contribution >= 0.6 is 0 Å². The molecule has 0 aliphatic carbocycles. The second kappa shape index (κ2) is 7.48. The van der Waals surface area contributed by atoms with Gasteiger partial charge in [-0.25, -0.2) is 4.79 Å². The van der Waals surface area contributed by atoms with E-state index in [1.54, 1.807) is 4.90 Å². The van der Waals surface area contributed by atoms with Gasteiger partial charge in [-0.05, 0) is 17.5 Å². The highest BCUT2D eigenvalue weighted by atomic mass is 16.2. The molecule has 1 unspecified atom stereocenters. The average molecular weight is 342 g/mol. The van der Waals surface area contributed by atoms with E-state index in [1.807, 2.05) is 0 Å². The number of nitrogens with zero attached hydrogens (tertiary/aromatic N) is 2. The van der Waals surface area contributed by atoms with Crippen LogP contribution in [0, 0.1) is 0 Å². The van der Waals surface area contributed by atoms with Crippen LogP contribution in [0.5, 0.6) is 0 Å². The third-order valence-corrected chi connectivity index (χ3v) is 4.54. The molecule has 1 saturated heterocycles. The molecule has 1 aliphatic rings. The van der Waals surface area contributed by atoms with Gasteiger partial charge in [0.15, 0.2) is 0 Å². The number of aromatic amines is 1. The van der Waals surface area contributed by atoms with Gasteiger partial charge in [0, 0.05) is 31.9 Å². The van der Waals surface area contributed by atoms with Crippen molar-refractivity contribution in [2.45, 2.75) is 25.9 Å². The first kappa shape index (κ1) is 17.2. The molecule has 2 N–H and O–H groups in total. The summed E-state index contributed by atoms with van der Waals surface area (Å²) < 4.78 is 1.23. The summed E-state index contributed by atoms with van der Waals surface area (Å²) in [5.74, 6) is -0.139. The third-order valence-electron chi connectivity index (χ3n) is 4.54. The Bertz CT molecular complexity index is 854. The normalized spacial score (nSPS) is 17.5. The van der Waals surface area contributed by atoms with Gasteiger partial charge < -0.3 is 10.2 Å². The molecule has 0 radical (unpaired) electrons. The van der Waals surface area contributed by atoms with Crippen LogP contribution in [0.4, 0.5) is 0 Å². The molecule has 25 heavy (non-hydrogen) atoms. The molecule has 1 amide bonds. The Labute approximate surface area is 145 Å². The lowest BCUT2D eigenvalue weighted by atomic mass is 10.0. The van der Waals surface area contributed by atoms with Crippen molar-refractivity contribution in [3.63, 3.8) is 0 Å². The number of amides is 1. The Hall–Kier alpha value is -2.67. The van der Waals surface area contributed by atoms with Crippen molar-refractivity contribution in [2.75, 3.05) is 19.6 Å². The first-order chi connectivity index (χ1) is 12.1. The highest BCUT2D eigenvalue weighted by Crippen LogP contribution is 2.23. The quantitative estimate of drug-likeness (QED) is 0.835. The van der Waals surface area contributed by atoms with Gasteiger partial charge in [0.2, 0.25) is 5.91 Å². The van der Waals surface area contributed by atoms with Crippen molar-refractivity contribution in [1.82, 2.24) is 19.8 Å². The number of carbonyl (C=O) groups is 1. The molecule has 1 aromatic heterocycles. The van der Waals surface area contributed by atoms with Crippen molar-refractivity contribution >= 4 is 5.91 Å². The zero-order valence-corrected chi connectivity index (χ0v) is 14.2. The molecule has 2 aromatic rings. The zero-order chi connectivity index (χ0) is 17.8. The zero-order valence-electron chi connectivity index (χ0n) is 14.2. The number of piperazine rings is 1. The molecule has 0 spiro atoms. The fraction of sp³-hybridized carbons (Fsp3) is 0.389. The molecule has 1 aliphatic heterocycles. The van der Waals surface area contributed by atoms with Crippen LogP contribution in [0.2, 0.25) is 0 Å². The molecule has 3 rings (SSSR count). The molecule has 7 nitrogen and oxygen atoms in total. The summed E-state index contributed by atoms with van der Waals surface area (Å²) in [6.07, 6.45) is 2.33. The minimum Gasteiger partial charge on any atom is -0.332 e. The highest BCUT2D eigenvalue weighted by molar-refractivity contribution is 5.76. The Kier molecular flexibility index (Phi) is 5.14. The first-order valence-electron chi connectivity index (χ1n) is 8.47. The predicted molar refractivity (Wildman–Crippen MR) is 94.5 cm³/mol. The summed E-state index contributed by atoms with van der Waals surface area (Å²) in [6, 6.07) is 9.46. The number of aryl methyl sites for hydroxylation is 1. The number of nitrogens with one attached hydrogen (secondary N) is 2. The fourth-order valence-corrected chi connectivity index (χ4v) is 3.08. The number of rotatable bonds is 4. The monoisotopic (exact) mass is 342 g/mol. The van der Waals surface area contributed by atoms with Crippen LogP contribution in [0.3, 0.4) is 0 Å². The van der Waals surface area contributed by atoms with E-state index in [2.05, 4.69) is 41.5 Å². The number of benzene rings is 1. The molecule has 1 aromatic carbocycles. The molecule has 1 fully saturated rings. The van der Waals surface area contributed by atoms with E-state index >= 15 is 0 Å². The largest absolute Gasteiger partial charge is 0.332 e. The van der Waals surface area contributed by atoms with Crippen LogP contribution in [-0.2, 0) is 17.8 Å². The van der Waals surface area contributed by atoms with Crippen LogP contribution in [0.25, 0.3) is 0 Å². The molecule has 132 valence electrons. The summed E-state index contributed by atoms with van der Waals surface area (Å²) in [5, 5.41) is 3.32. The van der Waals surface area contributed by atoms with Gasteiger partial charge in [-0.15, -0.1) is 0 Å². The van der Waals surface area contributed by atoms with Crippen LogP contribution in [0.15, 0.2) is 46.1 Å².